The maximum Gasteiger partial charge on any atom is 0.265 e. The lowest BCUT2D eigenvalue weighted by atomic mass is 9.89. The third-order valence-corrected chi connectivity index (χ3v) is 6.93. The Bertz CT molecular complexity index is 901. The molecular weight excluding hydrogens is 372 g/mol. The van der Waals surface area contributed by atoms with E-state index in [1.54, 1.807) is 17.0 Å². The van der Waals surface area contributed by atoms with Gasteiger partial charge in [-0.15, -0.1) is 11.3 Å². The number of rotatable bonds is 5. The number of para-hydroxylation sites is 1. The highest BCUT2D eigenvalue weighted by Crippen LogP contribution is 2.43. The van der Waals surface area contributed by atoms with E-state index >= 15 is 0 Å². The van der Waals surface area contributed by atoms with Gasteiger partial charge in [0.25, 0.3) is 5.91 Å². The number of thiophene rings is 1. The molecule has 1 unspecified atom stereocenters. The summed E-state index contributed by atoms with van der Waals surface area (Å²) in [5, 5.41) is 11.4. The normalized spacial score (nSPS) is 23.2. The SMILES string of the molecule is Cc1ccc(C(=O)CC2(O)C(=O)N(CN3CCC(C)CC3)c3ccccc32)s1. The molecule has 1 N–H and O–H groups in total. The number of hydrogen-bond donors (Lipinski definition) is 1. The van der Waals surface area contributed by atoms with Crippen molar-refractivity contribution in [3.05, 3.63) is 51.7 Å². The van der Waals surface area contributed by atoms with Crippen LogP contribution in [-0.4, -0.2) is 41.5 Å². The van der Waals surface area contributed by atoms with Crippen LogP contribution in [0.5, 0.6) is 0 Å². The maximum atomic E-state index is 13.3. The summed E-state index contributed by atoms with van der Waals surface area (Å²) in [6.45, 7) is 6.53. The van der Waals surface area contributed by atoms with Crippen LogP contribution in [0.3, 0.4) is 0 Å². The molecular formula is C22H26N2O3S. The molecule has 1 fully saturated rings. The van der Waals surface area contributed by atoms with Gasteiger partial charge in [0.05, 0.1) is 23.7 Å². The van der Waals surface area contributed by atoms with E-state index < -0.39 is 11.5 Å². The zero-order chi connectivity index (χ0) is 19.9. The number of benzene rings is 1. The highest BCUT2D eigenvalue weighted by atomic mass is 32.1. The van der Waals surface area contributed by atoms with Crippen LogP contribution in [0.2, 0.25) is 0 Å². The molecule has 1 aromatic carbocycles. The number of carbonyl (C=O) groups excluding carboxylic acids is 2. The van der Waals surface area contributed by atoms with E-state index in [0.717, 1.165) is 30.8 Å². The molecule has 0 spiro atoms. The van der Waals surface area contributed by atoms with Crippen molar-refractivity contribution in [1.29, 1.82) is 0 Å². The second-order valence-electron chi connectivity index (χ2n) is 8.06. The third kappa shape index (κ3) is 3.41. The van der Waals surface area contributed by atoms with Crippen molar-refractivity contribution in [2.45, 2.75) is 38.7 Å². The van der Waals surface area contributed by atoms with E-state index in [-0.39, 0.29) is 12.2 Å². The van der Waals surface area contributed by atoms with Crippen molar-refractivity contribution < 1.29 is 14.7 Å². The smallest absolute Gasteiger partial charge is 0.265 e. The lowest BCUT2D eigenvalue weighted by molar-refractivity contribution is -0.136. The van der Waals surface area contributed by atoms with E-state index in [9.17, 15) is 14.7 Å². The largest absolute Gasteiger partial charge is 0.375 e. The number of piperidine rings is 1. The number of likely N-dealkylation sites (tertiary alicyclic amines) is 1. The molecule has 0 saturated carbocycles. The standard InChI is InChI=1S/C22H26N2O3S/c1-15-9-11-23(12-10-15)14-24-18-6-4-3-5-17(18)22(27,21(24)26)13-19(25)20-8-7-16(2)28-20/h3-8,15,27H,9-14H2,1-2H3. The lowest BCUT2D eigenvalue weighted by Gasteiger charge is -2.34. The van der Waals surface area contributed by atoms with Gasteiger partial charge in [0.1, 0.15) is 0 Å². The van der Waals surface area contributed by atoms with Crippen molar-refractivity contribution in [3.63, 3.8) is 0 Å². The zero-order valence-corrected chi connectivity index (χ0v) is 17.2. The first-order valence-corrected chi connectivity index (χ1v) is 10.7. The molecule has 0 radical (unpaired) electrons. The van der Waals surface area contributed by atoms with Gasteiger partial charge in [0.2, 0.25) is 0 Å². The van der Waals surface area contributed by atoms with Gasteiger partial charge in [0, 0.05) is 23.5 Å². The van der Waals surface area contributed by atoms with Crippen LogP contribution in [0.15, 0.2) is 36.4 Å². The van der Waals surface area contributed by atoms with Crippen LogP contribution >= 0.6 is 11.3 Å². The van der Waals surface area contributed by atoms with Crippen LogP contribution in [0, 0.1) is 12.8 Å². The molecule has 1 saturated heterocycles. The summed E-state index contributed by atoms with van der Waals surface area (Å²) >= 11 is 1.40. The van der Waals surface area contributed by atoms with E-state index in [1.807, 2.05) is 31.2 Å². The number of aliphatic hydroxyl groups is 1. The number of fused-ring (bicyclic) bond motifs is 1. The molecule has 2 aliphatic rings. The number of carbonyl (C=O) groups is 2. The fraction of sp³-hybridized carbons (Fsp3) is 0.455. The minimum atomic E-state index is -1.80. The average molecular weight is 399 g/mol. The van der Waals surface area contributed by atoms with Gasteiger partial charge in [-0.05, 0) is 43.9 Å². The number of nitrogens with zero attached hydrogens (tertiary/aromatic N) is 2. The van der Waals surface area contributed by atoms with Gasteiger partial charge in [0.15, 0.2) is 11.4 Å². The molecule has 2 aliphatic heterocycles. The summed E-state index contributed by atoms with van der Waals surface area (Å²) in [4.78, 5) is 31.6. The first-order valence-electron chi connectivity index (χ1n) is 9.84. The first kappa shape index (κ1) is 19.3. The molecule has 1 aromatic heterocycles. The summed E-state index contributed by atoms with van der Waals surface area (Å²) in [5.41, 5.74) is -0.551. The monoisotopic (exact) mass is 398 g/mol. The Morgan fingerprint density at radius 3 is 2.61 bits per heavy atom. The molecule has 2 aromatic rings. The predicted octanol–water partition coefficient (Wildman–Crippen LogP) is 3.55. The van der Waals surface area contributed by atoms with Crippen molar-refractivity contribution in [2.75, 3.05) is 24.7 Å². The molecule has 0 aliphatic carbocycles. The van der Waals surface area contributed by atoms with Crippen molar-refractivity contribution in [3.8, 4) is 0 Å². The Hall–Kier alpha value is -2.02. The second kappa shape index (κ2) is 7.43. The number of Topliss-reactive ketones (excluding diaryl/α,β-unsaturated/α-hetero) is 1. The van der Waals surface area contributed by atoms with Gasteiger partial charge < -0.3 is 5.11 Å². The Morgan fingerprint density at radius 1 is 1.21 bits per heavy atom. The van der Waals surface area contributed by atoms with E-state index in [1.165, 1.54) is 11.3 Å². The first-order chi connectivity index (χ1) is 13.4. The summed E-state index contributed by atoms with van der Waals surface area (Å²) in [7, 11) is 0. The van der Waals surface area contributed by atoms with Crippen LogP contribution < -0.4 is 4.90 Å². The number of amides is 1. The molecule has 1 atom stereocenters. The minimum Gasteiger partial charge on any atom is -0.375 e. The van der Waals surface area contributed by atoms with Gasteiger partial charge >= 0.3 is 0 Å². The Kier molecular flexibility index (Phi) is 5.12. The number of anilines is 1. The molecule has 1 amide bonds. The van der Waals surface area contributed by atoms with Crippen LogP contribution in [0.25, 0.3) is 0 Å². The summed E-state index contributed by atoms with van der Waals surface area (Å²) in [6, 6.07) is 11.0. The van der Waals surface area contributed by atoms with E-state index in [2.05, 4.69) is 11.8 Å². The van der Waals surface area contributed by atoms with Gasteiger partial charge in [-0.25, -0.2) is 0 Å². The molecule has 6 heteroatoms. The van der Waals surface area contributed by atoms with E-state index in [0.29, 0.717) is 28.7 Å². The van der Waals surface area contributed by atoms with Gasteiger partial charge in [-0.1, -0.05) is 25.1 Å². The maximum absolute atomic E-state index is 13.3. The van der Waals surface area contributed by atoms with Gasteiger partial charge in [-0.3, -0.25) is 19.4 Å². The highest BCUT2D eigenvalue weighted by molar-refractivity contribution is 7.14. The molecule has 0 bridgehead atoms. The molecule has 3 heterocycles. The number of ketones is 1. The number of hydrogen-bond acceptors (Lipinski definition) is 5. The van der Waals surface area contributed by atoms with Crippen molar-refractivity contribution >= 4 is 28.7 Å². The summed E-state index contributed by atoms with van der Waals surface area (Å²) in [5.74, 6) is 0.118. The zero-order valence-electron chi connectivity index (χ0n) is 16.4. The van der Waals surface area contributed by atoms with E-state index in [4.69, 9.17) is 0 Å². The average Bonchev–Trinajstić information content (AvgIpc) is 3.20. The van der Waals surface area contributed by atoms with Crippen LogP contribution in [0.1, 0.15) is 46.3 Å². The molecule has 28 heavy (non-hydrogen) atoms. The predicted molar refractivity (Wildman–Crippen MR) is 111 cm³/mol. The molecule has 5 nitrogen and oxygen atoms in total. The minimum absolute atomic E-state index is 0.197. The summed E-state index contributed by atoms with van der Waals surface area (Å²) < 4.78 is 0. The summed E-state index contributed by atoms with van der Waals surface area (Å²) in [6.07, 6.45) is 2.00. The van der Waals surface area contributed by atoms with Crippen LogP contribution in [0.4, 0.5) is 5.69 Å². The topological polar surface area (TPSA) is 60.9 Å². The lowest BCUT2D eigenvalue weighted by Crippen LogP contribution is -2.48. The fourth-order valence-corrected chi connectivity index (χ4v) is 4.93. The van der Waals surface area contributed by atoms with Crippen molar-refractivity contribution in [1.82, 2.24) is 4.90 Å². The second-order valence-corrected chi connectivity index (χ2v) is 9.35. The quantitative estimate of drug-likeness (QED) is 0.783. The van der Waals surface area contributed by atoms with Crippen LogP contribution in [-0.2, 0) is 10.4 Å². The third-order valence-electron chi connectivity index (χ3n) is 5.89. The Morgan fingerprint density at radius 2 is 1.93 bits per heavy atom. The fourth-order valence-electron chi connectivity index (χ4n) is 4.13. The van der Waals surface area contributed by atoms with Crippen molar-refractivity contribution in [2.24, 2.45) is 5.92 Å². The van der Waals surface area contributed by atoms with Gasteiger partial charge in [-0.2, -0.15) is 0 Å². The highest BCUT2D eigenvalue weighted by Gasteiger charge is 2.51. The molecule has 4 rings (SSSR count). The molecule has 148 valence electrons. The Balaban J connectivity index is 1.59. The number of aryl methyl sites for hydroxylation is 1. The Labute approximate surface area is 169 Å².